The predicted molar refractivity (Wildman–Crippen MR) is 171 cm³/mol. The van der Waals surface area contributed by atoms with Crippen molar-refractivity contribution in [2.75, 3.05) is 31.1 Å². The number of carbonyl (C=O) groups excluding carboxylic acids is 1. The summed E-state index contributed by atoms with van der Waals surface area (Å²) in [5.74, 6) is -0.446. The van der Waals surface area contributed by atoms with Gasteiger partial charge in [-0.2, -0.15) is 15.2 Å². The number of rotatable bonds is 16. The van der Waals surface area contributed by atoms with Gasteiger partial charge >= 0.3 is 6.01 Å². The number of carbonyl (C=O) groups is 1. The molecule has 1 aromatic heterocycles. The fourth-order valence-electron chi connectivity index (χ4n) is 5.97. The van der Waals surface area contributed by atoms with Crippen LogP contribution in [-0.4, -0.2) is 53.1 Å². The molecule has 0 aliphatic carbocycles. The molecule has 234 valence electrons. The van der Waals surface area contributed by atoms with Crippen LogP contribution in [0.2, 0.25) is 5.02 Å². The smallest absolute Gasteiger partial charge is 0.318 e. The maximum atomic E-state index is 13.8. The molecular formula is C34H47ClFN5O2. The first-order chi connectivity index (χ1) is 20.7. The number of piperazine rings is 1. The quantitative estimate of drug-likeness (QED) is 0.180. The Morgan fingerprint density at radius 3 is 2.49 bits per heavy atom. The van der Waals surface area contributed by atoms with Gasteiger partial charge in [0.2, 0.25) is 0 Å². The number of aromatic nitrogens is 2. The molecule has 1 saturated heterocycles. The SMILES string of the molecule is C=C(F)C(=O)N1CCN(c2nc(OCC(CCC)CCC)nc(C(C)CCc3ccccc3Cl)c2CCC)CC1CC#N. The summed E-state index contributed by atoms with van der Waals surface area (Å²) in [6.45, 7) is 13.5. The summed E-state index contributed by atoms with van der Waals surface area (Å²) < 4.78 is 20.2. The van der Waals surface area contributed by atoms with Gasteiger partial charge in [0.15, 0.2) is 5.83 Å². The Kier molecular flexibility index (Phi) is 13.7. The molecule has 1 amide bonds. The monoisotopic (exact) mass is 611 g/mol. The molecule has 9 heteroatoms. The number of amides is 1. The second-order valence-electron chi connectivity index (χ2n) is 11.6. The third-order valence-corrected chi connectivity index (χ3v) is 8.58. The third kappa shape index (κ3) is 9.40. The van der Waals surface area contributed by atoms with Crippen molar-refractivity contribution in [2.24, 2.45) is 5.92 Å². The molecule has 2 unspecified atom stereocenters. The second-order valence-corrected chi connectivity index (χ2v) is 12.0. The first-order valence-electron chi connectivity index (χ1n) is 15.8. The van der Waals surface area contributed by atoms with Gasteiger partial charge in [-0.25, -0.2) is 4.39 Å². The van der Waals surface area contributed by atoms with E-state index in [2.05, 4.69) is 51.3 Å². The number of aryl methyl sites for hydroxylation is 1. The largest absolute Gasteiger partial charge is 0.463 e. The molecule has 0 radical (unpaired) electrons. The molecule has 1 aromatic carbocycles. The zero-order valence-corrected chi connectivity index (χ0v) is 27.0. The molecule has 2 atom stereocenters. The van der Waals surface area contributed by atoms with E-state index in [1.807, 2.05) is 18.2 Å². The van der Waals surface area contributed by atoms with Gasteiger partial charge in [-0.1, -0.05) is 83.3 Å². The van der Waals surface area contributed by atoms with Gasteiger partial charge in [0.05, 0.1) is 30.8 Å². The predicted octanol–water partition coefficient (Wildman–Crippen LogP) is 7.83. The maximum absolute atomic E-state index is 13.8. The van der Waals surface area contributed by atoms with Gasteiger partial charge in [-0.15, -0.1) is 0 Å². The number of anilines is 1. The lowest BCUT2D eigenvalue weighted by Crippen LogP contribution is -2.55. The normalized spacial score (nSPS) is 15.8. The average Bonchev–Trinajstić information content (AvgIpc) is 2.99. The summed E-state index contributed by atoms with van der Waals surface area (Å²) in [5, 5.41) is 10.3. The molecule has 7 nitrogen and oxygen atoms in total. The Hall–Kier alpha value is -3.18. The zero-order valence-electron chi connectivity index (χ0n) is 26.2. The average molecular weight is 612 g/mol. The molecule has 2 aromatic rings. The lowest BCUT2D eigenvalue weighted by Gasteiger charge is -2.41. The number of halogens is 2. The standard InChI is InChI=1S/C34H47ClFN5O2/c1-6-11-26(12-7-2)23-43-34-38-31(24(4)16-17-27-14-9-10-15-30(27)35)29(13-8-3)32(39-34)40-20-21-41(33(42)25(5)36)28(22-40)18-19-37/h9-10,14-15,24,26,28H,5-8,11-13,16-18,20-23H2,1-4H3. The van der Waals surface area contributed by atoms with E-state index in [1.54, 1.807) is 0 Å². The van der Waals surface area contributed by atoms with Crippen LogP contribution >= 0.6 is 11.6 Å². The molecule has 0 saturated carbocycles. The van der Waals surface area contributed by atoms with Gasteiger partial charge in [0, 0.05) is 30.2 Å². The van der Waals surface area contributed by atoms with Crippen molar-refractivity contribution in [1.29, 1.82) is 5.26 Å². The summed E-state index contributed by atoms with van der Waals surface area (Å²) in [6, 6.07) is 9.97. The van der Waals surface area contributed by atoms with E-state index in [4.69, 9.17) is 26.3 Å². The highest BCUT2D eigenvalue weighted by Gasteiger charge is 2.34. The summed E-state index contributed by atoms with van der Waals surface area (Å²) >= 11 is 6.47. The Balaban J connectivity index is 2.00. The summed E-state index contributed by atoms with van der Waals surface area (Å²) in [6.07, 6.45) is 7.78. The minimum atomic E-state index is -1.01. The molecule has 0 spiro atoms. The van der Waals surface area contributed by atoms with E-state index < -0.39 is 17.8 Å². The van der Waals surface area contributed by atoms with Crippen LogP contribution in [0.4, 0.5) is 10.2 Å². The first-order valence-corrected chi connectivity index (χ1v) is 16.2. The van der Waals surface area contributed by atoms with Crippen molar-refractivity contribution in [2.45, 2.75) is 97.4 Å². The molecule has 1 aliphatic rings. The minimum absolute atomic E-state index is 0.0872. The lowest BCUT2D eigenvalue weighted by atomic mass is 9.93. The summed E-state index contributed by atoms with van der Waals surface area (Å²) in [7, 11) is 0. The van der Waals surface area contributed by atoms with E-state index in [0.29, 0.717) is 31.6 Å². The maximum Gasteiger partial charge on any atom is 0.318 e. The molecule has 0 N–H and O–H groups in total. The van der Waals surface area contributed by atoms with Crippen LogP contribution in [0.25, 0.3) is 0 Å². The van der Waals surface area contributed by atoms with Crippen LogP contribution in [0.1, 0.15) is 95.4 Å². The highest BCUT2D eigenvalue weighted by molar-refractivity contribution is 6.31. The second kappa shape index (κ2) is 17.2. The molecule has 3 rings (SSSR count). The highest BCUT2D eigenvalue weighted by Crippen LogP contribution is 2.34. The fourth-order valence-corrected chi connectivity index (χ4v) is 6.20. The number of nitriles is 1. The van der Waals surface area contributed by atoms with Gasteiger partial charge < -0.3 is 14.5 Å². The van der Waals surface area contributed by atoms with E-state index in [-0.39, 0.29) is 18.9 Å². The van der Waals surface area contributed by atoms with E-state index in [1.165, 1.54) is 4.90 Å². The van der Waals surface area contributed by atoms with Crippen LogP contribution < -0.4 is 9.64 Å². The van der Waals surface area contributed by atoms with E-state index >= 15 is 0 Å². The van der Waals surface area contributed by atoms with Crippen LogP contribution in [0.15, 0.2) is 36.7 Å². The Bertz CT molecular complexity index is 1260. The van der Waals surface area contributed by atoms with Crippen molar-refractivity contribution in [3.05, 3.63) is 58.5 Å². The summed E-state index contributed by atoms with van der Waals surface area (Å²) in [5.41, 5.74) is 3.13. The van der Waals surface area contributed by atoms with Gasteiger partial charge in [0.1, 0.15) is 5.82 Å². The van der Waals surface area contributed by atoms with Gasteiger partial charge in [-0.3, -0.25) is 4.79 Å². The minimum Gasteiger partial charge on any atom is -0.463 e. The van der Waals surface area contributed by atoms with E-state index in [0.717, 1.165) is 79.0 Å². The first kappa shape index (κ1) is 34.3. The van der Waals surface area contributed by atoms with Crippen molar-refractivity contribution >= 4 is 23.3 Å². The number of ether oxygens (including phenoxy) is 1. The van der Waals surface area contributed by atoms with Crippen LogP contribution in [0.5, 0.6) is 6.01 Å². The molecule has 43 heavy (non-hydrogen) atoms. The number of nitrogens with zero attached hydrogens (tertiary/aromatic N) is 5. The van der Waals surface area contributed by atoms with Crippen LogP contribution in [0, 0.1) is 17.2 Å². The fraction of sp³-hybridized carbons (Fsp3) is 0.588. The Labute approximate surface area is 262 Å². The van der Waals surface area contributed by atoms with Crippen molar-refractivity contribution < 1.29 is 13.9 Å². The Morgan fingerprint density at radius 2 is 1.86 bits per heavy atom. The number of hydrogen-bond acceptors (Lipinski definition) is 6. The van der Waals surface area contributed by atoms with Crippen molar-refractivity contribution in [1.82, 2.24) is 14.9 Å². The molecule has 2 heterocycles. The van der Waals surface area contributed by atoms with Crippen LogP contribution in [0.3, 0.4) is 0 Å². The molecular weight excluding hydrogens is 565 g/mol. The number of hydrogen-bond donors (Lipinski definition) is 0. The van der Waals surface area contributed by atoms with Crippen LogP contribution in [-0.2, 0) is 17.6 Å². The molecule has 1 aliphatic heterocycles. The van der Waals surface area contributed by atoms with Gasteiger partial charge in [-0.05, 0) is 55.6 Å². The highest BCUT2D eigenvalue weighted by atomic mass is 35.5. The van der Waals surface area contributed by atoms with Crippen molar-refractivity contribution in [3.63, 3.8) is 0 Å². The van der Waals surface area contributed by atoms with E-state index in [9.17, 15) is 14.4 Å². The molecule has 1 fully saturated rings. The van der Waals surface area contributed by atoms with Gasteiger partial charge in [0.25, 0.3) is 5.91 Å². The zero-order chi connectivity index (χ0) is 31.4. The third-order valence-electron chi connectivity index (χ3n) is 8.21. The Morgan fingerprint density at radius 1 is 1.14 bits per heavy atom. The summed E-state index contributed by atoms with van der Waals surface area (Å²) in [4.78, 5) is 26.1. The topological polar surface area (TPSA) is 82.3 Å². The lowest BCUT2D eigenvalue weighted by molar-refractivity contribution is -0.131. The molecule has 0 bridgehead atoms. The number of benzene rings is 1. The van der Waals surface area contributed by atoms with Crippen molar-refractivity contribution in [3.8, 4) is 12.1 Å².